The van der Waals surface area contributed by atoms with Crippen molar-refractivity contribution in [3.8, 4) is 0 Å². The molecule has 76 valence electrons. The third kappa shape index (κ3) is 2.24. The average Bonchev–Trinajstić information content (AvgIpc) is 2.40. The Labute approximate surface area is 110 Å². The van der Waals surface area contributed by atoms with Gasteiger partial charge in [0, 0.05) is 0 Å². The van der Waals surface area contributed by atoms with Crippen molar-refractivity contribution in [2.45, 2.75) is 0 Å². The van der Waals surface area contributed by atoms with Gasteiger partial charge in [-0.05, 0) is 0 Å². The Morgan fingerprint density at radius 2 is 1.19 bits per heavy atom. The molecule has 0 atom stereocenters. The van der Waals surface area contributed by atoms with Gasteiger partial charge in [0.15, 0.2) is 0 Å². The Hall–Kier alpha value is -0.561. The Morgan fingerprint density at radius 3 is 1.50 bits per heavy atom. The zero-order valence-electron chi connectivity index (χ0n) is 8.64. The molecule has 16 heavy (non-hydrogen) atoms. The minimum atomic E-state index is -2.54. The van der Waals surface area contributed by atoms with Crippen molar-refractivity contribution in [3.63, 3.8) is 0 Å². The zero-order valence-corrected chi connectivity index (χ0v) is 11.5. The maximum absolute atomic E-state index is 6.67. The summed E-state index contributed by atoms with van der Waals surface area (Å²) in [6.07, 6.45) is 0. The van der Waals surface area contributed by atoms with Crippen molar-refractivity contribution in [2.24, 2.45) is 0 Å². The van der Waals surface area contributed by atoms with Crippen LogP contribution in [-0.4, -0.2) is 24.3 Å². The summed E-state index contributed by atoms with van der Waals surface area (Å²) in [5.41, 5.74) is 0. The van der Waals surface area contributed by atoms with Gasteiger partial charge in [-0.3, -0.25) is 0 Å². The molecule has 0 heterocycles. The molecule has 0 saturated carbocycles. The first-order valence-corrected chi connectivity index (χ1v) is 8.34. The van der Waals surface area contributed by atoms with Gasteiger partial charge < -0.3 is 0 Å². The van der Waals surface area contributed by atoms with E-state index >= 15 is 0 Å². The molecule has 0 unspecified atom stereocenters. The van der Waals surface area contributed by atoms with Crippen molar-refractivity contribution < 1.29 is 3.48 Å². The fourth-order valence-corrected chi connectivity index (χ4v) is 5.03. The fourth-order valence-electron chi connectivity index (χ4n) is 1.61. The molecule has 0 fully saturated rings. The molecule has 0 N–H and O–H groups in total. The molecule has 2 aromatic rings. The van der Waals surface area contributed by atoms with Crippen LogP contribution >= 0.6 is 11.1 Å². The maximum atomic E-state index is 6.67. The standard InChI is InChI=1S/C12H10ClOSi.Al/c13-15(14,11-7-3-1-4-8-11)12-9-5-2-6-10-12;/h1-10H;/q-1;+3. The van der Waals surface area contributed by atoms with E-state index in [1.54, 1.807) is 0 Å². The topological polar surface area (TPSA) is 9.23 Å². The summed E-state index contributed by atoms with van der Waals surface area (Å²) in [5, 5.41) is 2.11. The summed E-state index contributed by atoms with van der Waals surface area (Å²) >= 11 is 8.97. The van der Waals surface area contributed by atoms with Gasteiger partial charge in [-0.25, -0.2) is 0 Å². The molecular weight excluding hydrogens is 251 g/mol. The summed E-state index contributed by atoms with van der Waals surface area (Å²) < 4.78 is 5.53. The minimum absolute atomic E-state index is 1.05. The van der Waals surface area contributed by atoms with Gasteiger partial charge in [0.05, 0.1) is 0 Å². The second kappa shape index (κ2) is 5.18. The van der Waals surface area contributed by atoms with Gasteiger partial charge in [0.2, 0.25) is 0 Å². The van der Waals surface area contributed by atoms with Crippen molar-refractivity contribution >= 4 is 45.7 Å². The number of benzene rings is 2. The quantitative estimate of drug-likeness (QED) is 0.602. The van der Waals surface area contributed by atoms with Gasteiger partial charge in [-0.1, -0.05) is 0 Å². The summed E-state index contributed by atoms with van der Waals surface area (Å²) in [7, 11) is -2.54. The molecule has 0 saturated heterocycles. The van der Waals surface area contributed by atoms with Crippen LogP contribution in [0.5, 0.6) is 0 Å². The molecule has 0 amide bonds. The summed E-state index contributed by atoms with van der Waals surface area (Å²) in [6.45, 7) is 0. The third-order valence-electron chi connectivity index (χ3n) is 2.45. The summed E-state index contributed by atoms with van der Waals surface area (Å²) in [4.78, 5) is 0. The predicted octanol–water partition coefficient (Wildman–Crippen LogP) is 1.58. The first kappa shape index (κ1) is 11.9. The van der Waals surface area contributed by atoms with Gasteiger partial charge in [0.1, 0.15) is 0 Å². The van der Waals surface area contributed by atoms with Gasteiger partial charge in [0.25, 0.3) is 0 Å². The molecular formula is C12H10AlClOSi+2. The normalized spacial score (nSPS) is 11.4. The van der Waals surface area contributed by atoms with Crippen LogP contribution in [0, 0.1) is 0 Å². The van der Waals surface area contributed by atoms with Crippen LogP contribution in [0.1, 0.15) is 0 Å². The van der Waals surface area contributed by atoms with Crippen molar-refractivity contribution in [2.75, 3.05) is 0 Å². The number of halogens is 1. The van der Waals surface area contributed by atoms with Gasteiger partial charge in [-0.2, -0.15) is 0 Å². The molecule has 0 bridgehead atoms. The molecule has 1 nitrogen and oxygen atoms in total. The number of rotatable bonds is 3. The molecule has 4 heteroatoms. The first-order chi connectivity index (χ1) is 7.77. The summed E-state index contributed by atoms with van der Waals surface area (Å²) in [6, 6.07) is 19.9. The van der Waals surface area contributed by atoms with E-state index in [1.807, 2.05) is 60.7 Å². The van der Waals surface area contributed by atoms with Gasteiger partial charge >= 0.3 is 110 Å². The van der Waals surface area contributed by atoms with Crippen LogP contribution in [-0.2, 0) is 3.48 Å². The Bertz CT molecular complexity index is 410. The molecule has 0 aliphatic heterocycles. The molecule has 0 radical (unpaired) electrons. The van der Waals surface area contributed by atoms with Crippen LogP contribution in [0.3, 0.4) is 0 Å². The van der Waals surface area contributed by atoms with Crippen LogP contribution in [0.4, 0.5) is 0 Å². The van der Waals surface area contributed by atoms with E-state index < -0.39 is 7.63 Å². The molecule has 0 aliphatic rings. The zero-order chi connectivity index (χ0) is 11.4. The molecule has 0 aliphatic carbocycles. The van der Waals surface area contributed by atoms with E-state index in [0.29, 0.717) is 0 Å². The predicted molar refractivity (Wildman–Crippen MR) is 70.6 cm³/mol. The summed E-state index contributed by atoms with van der Waals surface area (Å²) in [5.74, 6) is 0. The van der Waals surface area contributed by atoms with Crippen molar-refractivity contribution in [3.05, 3.63) is 60.7 Å². The van der Waals surface area contributed by atoms with E-state index in [1.165, 1.54) is 0 Å². The van der Waals surface area contributed by atoms with E-state index in [2.05, 4.69) is 16.6 Å². The van der Waals surface area contributed by atoms with E-state index in [9.17, 15) is 0 Å². The van der Waals surface area contributed by atoms with Crippen LogP contribution in [0.2, 0.25) is 0 Å². The average molecular weight is 261 g/mol. The van der Waals surface area contributed by atoms with Crippen molar-refractivity contribution in [1.29, 1.82) is 0 Å². The molecule has 0 spiro atoms. The van der Waals surface area contributed by atoms with E-state index in [-0.39, 0.29) is 0 Å². The Kier molecular flexibility index (Phi) is 3.86. The van der Waals surface area contributed by atoms with Crippen molar-refractivity contribution in [1.82, 2.24) is 0 Å². The third-order valence-corrected chi connectivity index (χ3v) is 8.01. The Balaban J connectivity index is 2.49. The monoisotopic (exact) mass is 260 g/mol. The van der Waals surface area contributed by atoms with Crippen LogP contribution < -0.4 is 10.4 Å². The molecule has 0 aromatic heterocycles. The SMILES string of the molecule is [Al+2][O][Si](Cl)(c1ccccc1)c1ccccc1. The Morgan fingerprint density at radius 1 is 0.812 bits per heavy atom. The fraction of sp³-hybridized carbons (Fsp3) is 0. The molecule has 2 aromatic carbocycles. The second-order valence-corrected chi connectivity index (χ2v) is 8.33. The first-order valence-electron chi connectivity index (χ1n) is 4.95. The molecule has 2 rings (SSSR count). The van der Waals surface area contributed by atoms with Crippen LogP contribution in [0.25, 0.3) is 0 Å². The van der Waals surface area contributed by atoms with E-state index in [0.717, 1.165) is 10.4 Å². The van der Waals surface area contributed by atoms with Crippen LogP contribution in [0.15, 0.2) is 60.7 Å². The second-order valence-electron chi connectivity index (χ2n) is 3.45. The number of hydrogen-bond donors (Lipinski definition) is 0. The van der Waals surface area contributed by atoms with E-state index in [4.69, 9.17) is 14.6 Å². The van der Waals surface area contributed by atoms with Gasteiger partial charge in [-0.15, -0.1) is 0 Å². The number of hydrogen-bond acceptors (Lipinski definition) is 1.